The molecule has 8 heteroatoms. The monoisotopic (exact) mass is 260 g/mol. The Bertz CT molecular complexity index is 491. The number of anilines is 1. The molecule has 1 unspecified atom stereocenters. The molecule has 1 aliphatic rings. The Morgan fingerprint density at radius 3 is 2.76 bits per heavy atom. The maximum Gasteiger partial charge on any atom is 0.262 e. The quantitative estimate of drug-likeness (QED) is 0.784. The molecular formula is C9H16N4O3S. The average Bonchev–Trinajstić information content (AvgIpc) is 2.85. The van der Waals surface area contributed by atoms with Gasteiger partial charge in [-0.15, -0.1) is 0 Å². The van der Waals surface area contributed by atoms with Crippen LogP contribution in [-0.2, 0) is 21.8 Å². The number of nitrogens with zero attached hydrogens (tertiary/aromatic N) is 3. The molecule has 1 aromatic rings. The van der Waals surface area contributed by atoms with Crippen LogP contribution in [0.4, 0.5) is 5.82 Å². The van der Waals surface area contributed by atoms with Crippen molar-refractivity contribution in [1.29, 1.82) is 0 Å². The number of ether oxygens (including phenoxy) is 1. The Balaban J connectivity index is 2.32. The standard InChI is InChI=1S/C9H16N4O3S/c1-12-6-11-8(10)9(12)17(14,15)13-4-3-7(5-13)16-2/h6-7H,3-5,10H2,1-2H3. The molecule has 2 rings (SSSR count). The predicted octanol–water partition coefficient (Wildman–Crippen LogP) is -0.588. The lowest BCUT2D eigenvalue weighted by Gasteiger charge is -2.16. The normalized spacial score (nSPS) is 22.1. The predicted molar refractivity (Wildman–Crippen MR) is 61.8 cm³/mol. The Hall–Kier alpha value is -1.12. The van der Waals surface area contributed by atoms with Gasteiger partial charge in [0.15, 0.2) is 10.8 Å². The average molecular weight is 260 g/mol. The Labute approximate surface area is 100 Å². The van der Waals surface area contributed by atoms with Gasteiger partial charge < -0.3 is 15.0 Å². The number of nitrogen functional groups attached to an aromatic ring is 1. The van der Waals surface area contributed by atoms with Crippen LogP contribution in [0.3, 0.4) is 0 Å². The zero-order valence-corrected chi connectivity index (χ0v) is 10.6. The minimum Gasteiger partial charge on any atom is -0.381 e. The molecule has 1 saturated heterocycles. The SMILES string of the molecule is COC1CCN(S(=O)(=O)c2c(N)ncn2C)C1. The summed E-state index contributed by atoms with van der Waals surface area (Å²) in [6.45, 7) is 0.814. The molecule has 0 radical (unpaired) electrons. The number of sulfonamides is 1. The topological polar surface area (TPSA) is 90.4 Å². The molecule has 0 bridgehead atoms. The van der Waals surface area contributed by atoms with Crippen LogP contribution in [0, 0.1) is 0 Å². The fourth-order valence-corrected chi connectivity index (χ4v) is 3.66. The van der Waals surface area contributed by atoms with Crippen molar-refractivity contribution in [1.82, 2.24) is 13.9 Å². The third-order valence-electron chi connectivity index (χ3n) is 2.93. The van der Waals surface area contributed by atoms with Crippen LogP contribution in [-0.4, -0.2) is 48.6 Å². The maximum absolute atomic E-state index is 12.3. The second kappa shape index (κ2) is 4.28. The van der Waals surface area contributed by atoms with Crippen molar-refractivity contribution in [3.63, 3.8) is 0 Å². The molecule has 96 valence electrons. The Morgan fingerprint density at radius 2 is 2.29 bits per heavy atom. The van der Waals surface area contributed by atoms with Gasteiger partial charge in [0.1, 0.15) is 0 Å². The summed E-state index contributed by atoms with van der Waals surface area (Å²) >= 11 is 0. The molecule has 0 aromatic carbocycles. The molecule has 0 saturated carbocycles. The summed E-state index contributed by atoms with van der Waals surface area (Å²) in [5.41, 5.74) is 5.59. The van der Waals surface area contributed by atoms with Gasteiger partial charge in [0.25, 0.3) is 10.0 Å². The van der Waals surface area contributed by atoms with Crippen molar-refractivity contribution in [2.75, 3.05) is 25.9 Å². The first-order chi connectivity index (χ1) is 7.96. The van der Waals surface area contributed by atoms with E-state index in [2.05, 4.69) is 4.98 Å². The van der Waals surface area contributed by atoms with Gasteiger partial charge in [0, 0.05) is 27.2 Å². The van der Waals surface area contributed by atoms with Crippen LogP contribution < -0.4 is 5.73 Å². The maximum atomic E-state index is 12.3. The van der Waals surface area contributed by atoms with Crippen LogP contribution in [0.15, 0.2) is 11.4 Å². The molecule has 1 fully saturated rings. The van der Waals surface area contributed by atoms with Crippen molar-refractivity contribution < 1.29 is 13.2 Å². The number of nitrogens with two attached hydrogens (primary N) is 1. The van der Waals surface area contributed by atoms with Gasteiger partial charge in [-0.05, 0) is 6.42 Å². The van der Waals surface area contributed by atoms with Crippen LogP contribution in [0.1, 0.15) is 6.42 Å². The van der Waals surface area contributed by atoms with Crippen molar-refractivity contribution >= 4 is 15.8 Å². The van der Waals surface area contributed by atoms with Gasteiger partial charge in [0.2, 0.25) is 0 Å². The van der Waals surface area contributed by atoms with E-state index in [0.717, 1.165) is 0 Å². The van der Waals surface area contributed by atoms with Crippen molar-refractivity contribution in [2.45, 2.75) is 17.6 Å². The lowest BCUT2D eigenvalue weighted by atomic mass is 10.3. The number of aryl methyl sites for hydroxylation is 1. The largest absolute Gasteiger partial charge is 0.381 e. The fraction of sp³-hybridized carbons (Fsp3) is 0.667. The number of hydrogen-bond acceptors (Lipinski definition) is 5. The van der Waals surface area contributed by atoms with Gasteiger partial charge in [-0.3, -0.25) is 0 Å². The highest BCUT2D eigenvalue weighted by atomic mass is 32.2. The smallest absolute Gasteiger partial charge is 0.262 e. The van der Waals surface area contributed by atoms with Gasteiger partial charge in [0.05, 0.1) is 12.4 Å². The number of imidazole rings is 1. The van der Waals surface area contributed by atoms with E-state index in [9.17, 15) is 8.42 Å². The first-order valence-electron chi connectivity index (χ1n) is 5.26. The molecular weight excluding hydrogens is 244 g/mol. The molecule has 2 N–H and O–H groups in total. The van der Waals surface area contributed by atoms with E-state index in [1.807, 2.05) is 0 Å². The molecule has 2 heterocycles. The first kappa shape index (κ1) is 12.3. The minimum atomic E-state index is -3.57. The fourth-order valence-electron chi connectivity index (χ4n) is 1.98. The van der Waals surface area contributed by atoms with E-state index in [0.29, 0.717) is 19.5 Å². The summed E-state index contributed by atoms with van der Waals surface area (Å²) < 4.78 is 32.6. The lowest BCUT2D eigenvalue weighted by Crippen LogP contribution is -2.31. The summed E-state index contributed by atoms with van der Waals surface area (Å²) in [6, 6.07) is 0. The highest BCUT2D eigenvalue weighted by molar-refractivity contribution is 7.89. The highest BCUT2D eigenvalue weighted by Gasteiger charge is 2.35. The van der Waals surface area contributed by atoms with Gasteiger partial charge in [-0.2, -0.15) is 4.31 Å². The van der Waals surface area contributed by atoms with E-state index < -0.39 is 10.0 Å². The van der Waals surface area contributed by atoms with Crippen molar-refractivity contribution in [2.24, 2.45) is 7.05 Å². The summed E-state index contributed by atoms with van der Waals surface area (Å²) in [5, 5.41) is 0.0502. The van der Waals surface area contributed by atoms with Crippen LogP contribution >= 0.6 is 0 Å². The molecule has 0 aliphatic carbocycles. The number of methoxy groups -OCH3 is 1. The molecule has 1 atom stereocenters. The Kier molecular flexibility index (Phi) is 3.11. The third kappa shape index (κ3) is 2.03. The van der Waals surface area contributed by atoms with Crippen LogP contribution in [0.5, 0.6) is 0 Å². The number of aromatic nitrogens is 2. The highest BCUT2D eigenvalue weighted by Crippen LogP contribution is 2.24. The molecule has 0 amide bonds. The summed E-state index contributed by atoms with van der Waals surface area (Å²) in [7, 11) is -0.377. The summed E-state index contributed by atoms with van der Waals surface area (Å²) in [6.07, 6.45) is 2.05. The van der Waals surface area contributed by atoms with E-state index >= 15 is 0 Å². The molecule has 17 heavy (non-hydrogen) atoms. The number of rotatable bonds is 3. The minimum absolute atomic E-state index is 0.0355. The zero-order valence-electron chi connectivity index (χ0n) is 9.83. The third-order valence-corrected chi connectivity index (χ3v) is 4.93. The number of hydrogen-bond donors (Lipinski definition) is 1. The van der Waals surface area contributed by atoms with Crippen molar-refractivity contribution in [3.8, 4) is 0 Å². The molecule has 7 nitrogen and oxygen atoms in total. The van der Waals surface area contributed by atoms with E-state index in [4.69, 9.17) is 10.5 Å². The zero-order chi connectivity index (χ0) is 12.6. The first-order valence-corrected chi connectivity index (χ1v) is 6.70. The lowest BCUT2D eigenvalue weighted by molar-refractivity contribution is 0.115. The second-order valence-corrected chi connectivity index (χ2v) is 5.91. The summed E-state index contributed by atoms with van der Waals surface area (Å²) in [5.74, 6) is 0.0355. The van der Waals surface area contributed by atoms with E-state index in [-0.39, 0.29) is 16.9 Å². The van der Waals surface area contributed by atoms with E-state index in [1.165, 1.54) is 15.2 Å². The van der Waals surface area contributed by atoms with Crippen molar-refractivity contribution in [3.05, 3.63) is 6.33 Å². The molecule has 0 spiro atoms. The molecule has 1 aromatic heterocycles. The van der Waals surface area contributed by atoms with Crippen LogP contribution in [0.2, 0.25) is 0 Å². The summed E-state index contributed by atoms with van der Waals surface area (Å²) in [4.78, 5) is 3.80. The van der Waals surface area contributed by atoms with Gasteiger partial charge in [-0.1, -0.05) is 0 Å². The Morgan fingerprint density at radius 1 is 1.59 bits per heavy atom. The van der Waals surface area contributed by atoms with Gasteiger partial charge in [-0.25, -0.2) is 13.4 Å². The van der Waals surface area contributed by atoms with Crippen LogP contribution in [0.25, 0.3) is 0 Å². The second-order valence-electron chi connectivity index (χ2n) is 4.06. The van der Waals surface area contributed by atoms with E-state index in [1.54, 1.807) is 14.2 Å². The van der Waals surface area contributed by atoms with Gasteiger partial charge >= 0.3 is 0 Å². The molecule has 1 aliphatic heterocycles.